The van der Waals surface area contributed by atoms with Crippen molar-refractivity contribution in [2.24, 2.45) is 5.92 Å². The van der Waals surface area contributed by atoms with Crippen LogP contribution in [0.15, 0.2) is 72.8 Å². The van der Waals surface area contributed by atoms with Gasteiger partial charge in [0.2, 0.25) is 5.91 Å². The Hall–Kier alpha value is -4.67. The maximum Gasteiger partial charge on any atom is 0.269 e. The van der Waals surface area contributed by atoms with Crippen molar-refractivity contribution >= 4 is 48.8 Å². The number of fused-ring (bicyclic) bond motifs is 2. The molecule has 3 aromatic carbocycles. The van der Waals surface area contributed by atoms with E-state index in [1.165, 1.54) is 12.1 Å². The first-order valence-electron chi connectivity index (χ1n) is 19.7. The van der Waals surface area contributed by atoms with Crippen molar-refractivity contribution in [1.82, 2.24) is 10.2 Å². The van der Waals surface area contributed by atoms with E-state index < -0.39 is 47.9 Å². The molecule has 8 rings (SSSR count). The number of aliphatic hydroxyl groups is 1. The van der Waals surface area contributed by atoms with Gasteiger partial charge in [-0.1, -0.05) is 37.3 Å². The van der Waals surface area contributed by atoms with Crippen LogP contribution < -0.4 is 20.0 Å². The van der Waals surface area contributed by atoms with E-state index >= 15 is 0 Å². The van der Waals surface area contributed by atoms with Gasteiger partial charge < -0.3 is 34.7 Å². The van der Waals surface area contributed by atoms with Crippen LogP contribution in [0.1, 0.15) is 50.2 Å². The molecule has 0 bridgehead atoms. The number of anilines is 3. The number of aliphatic hydroxyl groups excluding tert-OH is 1. The second-order valence-electron chi connectivity index (χ2n) is 16.6. The van der Waals surface area contributed by atoms with Gasteiger partial charge in [0.1, 0.15) is 5.54 Å². The first kappa shape index (κ1) is 38.2. The summed E-state index contributed by atoms with van der Waals surface area (Å²) in [6, 6.07) is 21.7. The minimum absolute atomic E-state index is 0.0599. The molecule has 15 heteroatoms. The third kappa shape index (κ3) is 6.11. The molecule has 4 saturated heterocycles. The molecule has 14 nitrogen and oxygen atoms in total. The van der Waals surface area contributed by atoms with Crippen LogP contribution in [0, 0.1) is 16.0 Å². The van der Waals surface area contributed by atoms with Crippen LogP contribution in [0.2, 0.25) is 18.6 Å². The highest BCUT2D eigenvalue weighted by Crippen LogP contribution is 2.60. The Morgan fingerprint density at radius 1 is 1.02 bits per heavy atom. The molecule has 56 heavy (non-hydrogen) atoms. The highest BCUT2D eigenvalue weighted by Gasteiger charge is 2.67. The molecule has 2 spiro atoms. The Morgan fingerprint density at radius 3 is 2.39 bits per heavy atom. The number of hydrogen-bond donors (Lipinski definition) is 3. The molecule has 0 radical (unpaired) electrons. The second kappa shape index (κ2) is 14.4. The minimum Gasteiger partial charge on any atom is -0.432 e. The third-order valence-corrected chi connectivity index (χ3v) is 15.5. The summed E-state index contributed by atoms with van der Waals surface area (Å²) in [5.41, 5.74) is 0.292. The number of nitro benzene ring substituents is 1. The zero-order valence-corrected chi connectivity index (χ0v) is 33.1. The molecule has 5 aliphatic rings. The fourth-order valence-corrected chi connectivity index (χ4v) is 12.9. The molecule has 5 atom stereocenters. The number of hydrogen-bond acceptors (Lipinski definition) is 10. The van der Waals surface area contributed by atoms with Crippen LogP contribution in [0.25, 0.3) is 0 Å². The zero-order chi connectivity index (χ0) is 39.6. The van der Waals surface area contributed by atoms with Gasteiger partial charge in [-0.3, -0.25) is 29.4 Å². The van der Waals surface area contributed by atoms with Crippen LogP contribution >= 0.6 is 0 Å². The highest BCUT2D eigenvalue weighted by atomic mass is 28.4. The Balaban J connectivity index is 1.09. The summed E-state index contributed by atoms with van der Waals surface area (Å²) in [5.74, 6) is -1.17. The van der Waals surface area contributed by atoms with Crippen molar-refractivity contribution in [2.75, 3.05) is 47.6 Å². The summed E-state index contributed by atoms with van der Waals surface area (Å²) in [7, 11) is -3.11. The summed E-state index contributed by atoms with van der Waals surface area (Å²) < 4.78 is 6.80. The molecule has 296 valence electrons. The summed E-state index contributed by atoms with van der Waals surface area (Å²) in [5, 5.41) is 25.4. The molecule has 5 heterocycles. The number of para-hydroxylation sites is 1. The number of non-ortho nitro benzene ring substituents is 1. The SMILES string of the molecule is C[C@H]1[C@H]([Si](C)(C)O)[C@@H](CC(=O)N2CCC[C@H]2CO)O[C@]12C(=O)N(Cc1ccc(N3CN(c4ccccc4)C4(CCNCC4)C3=O)cc1)c1ccc([N+](=O)[O-])cc12. The highest BCUT2D eigenvalue weighted by molar-refractivity contribution is 6.71. The topological polar surface area (TPSA) is 169 Å². The third-order valence-electron chi connectivity index (χ3n) is 13.0. The number of benzene rings is 3. The summed E-state index contributed by atoms with van der Waals surface area (Å²) in [6.45, 7) is 7.77. The average molecular weight is 783 g/mol. The number of piperidine rings is 1. The van der Waals surface area contributed by atoms with Crippen molar-refractivity contribution < 1.29 is 33.9 Å². The lowest BCUT2D eigenvalue weighted by Gasteiger charge is -2.39. The van der Waals surface area contributed by atoms with Crippen LogP contribution in [-0.4, -0.2) is 96.4 Å². The molecular weight excluding hydrogens is 733 g/mol. The van der Waals surface area contributed by atoms with Crippen LogP contribution in [-0.2, 0) is 31.3 Å². The lowest BCUT2D eigenvalue weighted by molar-refractivity contribution is -0.385. The Labute approximate surface area is 327 Å². The first-order valence-corrected chi connectivity index (χ1v) is 22.7. The van der Waals surface area contributed by atoms with Gasteiger partial charge in [-0.25, -0.2) is 0 Å². The van der Waals surface area contributed by atoms with Gasteiger partial charge in [0.15, 0.2) is 13.9 Å². The number of nitrogens with zero attached hydrogens (tertiary/aromatic N) is 5. The van der Waals surface area contributed by atoms with E-state index in [0.29, 0.717) is 43.7 Å². The number of rotatable bonds is 9. The van der Waals surface area contributed by atoms with Crippen molar-refractivity contribution in [3.8, 4) is 0 Å². The van der Waals surface area contributed by atoms with E-state index in [9.17, 15) is 34.4 Å². The molecule has 0 saturated carbocycles. The molecule has 3 aromatic rings. The molecule has 3 N–H and O–H groups in total. The number of nitrogens with one attached hydrogen (secondary N) is 1. The maximum atomic E-state index is 15.0. The number of nitro groups is 1. The fraction of sp³-hybridized carbons (Fsp3) is 0.488. The van der Waals surface area contributed by atoms with Crippen LogP contribution in [0.5, 0.6) is 0 Å². The maximum absolute atomic E-state index is 15.0. The largest absolute Gasteiger partial charge is 0.432 e. The normalized spacial score (nSPS) is 27.2. The van der Waals surface area contributed by atoms with Gasteiger partial charge in [-0.15, -0.1) is 0 Å². The van der Waals surface area contributed by atoms with E-state index in [1.54, 1.807) is 29.0 Å². The summed E-state index contributed by atoms with van der Waals surface area (Å²) >= 11 is 0. The predicted octanol–water partition coefficient (Wildman–Crippen LogP) is 4.25. The van der Waals surface area contributed by atoms with Crippen LogP contribution in [0.4, 0.5) is 22.7 Å². The van der Waals surface area contributed by atoms with E-state index in [2.05, 4.69) is 10.2 Å². The average Bonchev–Trinajstić information content (AvgIpc) is 3.92. The molecule has 3 amide bonds. The molecule has 0 aromatic heterocycles. The number of carbonyl (C=O) groups is 3. The minimum atomic E-state index is -3.11. The first-order chi connectivity index (χ1) is 26.8. The zero-order valence-electron chi connectivity index (χ0n) is 32.1. The fourth-order valence-electron chi connectivity index (χ4n) is 10.3. The molecule has 4 fully saturated rings. The van der Waals surface area contributed by atoms with Crippen molar-refractivity contribution in [2.45, 2.75) is 87.5 Å². The van der Waals surface area contributed by atoms with Gasteiger partial charge in [0.25, 0.3) is 17.5 Å². The van der Waals surface area contributed by atoms with Crippen molar-refractivity contribution in [1.29, 1.82) is 0 Å². The van der Waals surface area contributed by atoms with Crippen molar-refractivity contribution in [3.63, 3.8) is 0 Å². The Kier molecular flexibility index (Phi) is 9.80. The smallest absolute Gasteiger partial charge is 0.269 e. The standard InChI is InChI=1S/C41H50N6O8Si/c1-27-37(56(2,3)54)35(23-36(49)43-21-7-10-32(43)25-48)55-41(27)33-22-31(47(52)53)15-16-34(33)44(39(41)51)24-28-11-13-29(14-12-28)45-26-46(30-8-5-4-6-9-30)40(38(45)50)17-19-42-20-18-40/h4-6,8-9,11-16,22,27,32,35,37,42,48,54H,7,10,17-21,23-26H2,1-3H3/t27-,32-,35+,37-,41+/m0/s1. The van der Waals surface area contributed by atoms with Crippen molar-refractivity contribution in [3.05, 3.63) is 94.0 Å². The number of likely N-dealkylation sites (tertiary alicyclic amines) is 1. The Morgan fingerprint density at radius 2 is 1.73 bits per heavy atom. The van der Waals surface area contributed by atoms with E-state index in [0.717, 1.165) is 36.4 Å². The van der Waals surface area contributed by atoms with Crippen LogP contribution in [0.3, 0.4) is 0 Å². The van der Waals surface area contributed by atoms with Gasteiger partial charge in [0.05, 0.1) is 49.0 Å². The number of carbonyl (C=O) groups excluding carboxylic acids is 3. The second-order valence-corrected chi connectivity index (χ2v) is 20.5. The van der Waals surface area contributed by atoms with Gasteiger partial charge in [0, 0.05) is 47.1 Å². The summed E-state index contributed by atoms with van der Waals surface area (Å²) in [6.07, 6.45) is 1.95. The molecule has 0 unspecified atom stereocenters. The Bertz CT molecular complexity index is 2020. The molecule has 0 aliphatic carbocycles. The van der Waals surface area contributed by atoms with E-state index in [-0.39, 0.29) is 43.1 Å². The molecular formula is C41H50N6O8Si. The van der Waals surface area contributed by atoms with Gasteiger partial charge >= 0.3 is 0 Å². The molecule has 5 aliphatic heterocycles. The van der Waals surface area contributed by atoms with E-state index in [4.69, 9.17) is 4.74 Å². The lowest BCUT2D eigenvalue weighted by Crippen LogP contribution is -2.55. The quantitative estimate of drug-likeness (QED) is 0.162. The summed E-state index contributed by atoms with van der Waals surface area (Å²) in [4.78, 5) is 73.5. The number of ether oxygens (including phenoxy) is 1. The van der Waals surface area contributed by atoms with Gasteiger partial charge in [-0.2, -0.15) is 0 Å². The van der Waals surface area contributed by atoms with E-state index in [1.807, 2.05) is 66.4 Å². The lowest BCUT2D eigenvalue weighted by atomic mass is 9.82. The monoisotopic (exact) mass is 782 g/mol. The van der Waals surface area contributed by atoms with Gasteiger partial charge in [-0.05, 0) is 87.8 Å². The number of amides is 3. The predicted molar refractivity (Wildman–Crippen MR) is 212 cm³/mol.